The molecule has 0 amide bonds. The Morgan fingerprint density at radius 1 is 1.19 bits per heavy atom. The van der Waals surface area contributed by atoms with E-state index in [1.54, 1.807) is 12.1 Å². The first kappa shape index (κ1) is 16.5. The van der Waals surface area contributed by atoms with Gasteiger partial charge in [-0.2, -0.15) is 0 Å². The summed E-state index contributed by atoms with van der Waals surface area (Å²) in [6.07, 6.45) is 2.69. The van der Waals surface area contributed by atoms with Crippen molar-refractivity contribution in [3.05, 3.63) is 74.4 Å². The van der Waals surface area contributed by atoms with E-state index in [0.717, 1.165) is 52.7 Å². The fourth-order valence-corrected chi connectivity index (χ4v) is 4.36. The van der Waals surface area contributed by atoms with Gasteiger partial charge in [0, 0.05) is 40.7 Å². The molecule has 138 valence electrons. The van der Waals surface area contributed by atoms with Crippen LogP contribution in [-0.4, -0.2) is 11.6 Å². The standard InChI is InChI=1S/C22H20FNO3/c1-13-20-15(9-18-16-6-4-7-17(16)22(25)27-21(13)18)11-24(12-26-20)10-14-5-2-3-8-19(14)23/h2-3,5,8-9H,4,6-7,10-12H2,1H3. The van der Waals surface area contributed by atoms with E-state index in [4.69, 9.17) is 9.15 Å². The van der Waals surface area contributed by atoms with Crippen molar-refractivity contribution >= 4 is 11.0 Å². The molecule has 1 aliphatic heterocycles. The Morgan fingerprint density at radius 3 is 2.85 bits per heavy atom. The third kappa shape index (κ3) is 2.65. The van der Waals surface area contributed by atoms with Gasteiger partial charge in [-0.1, -0.05) is 18.2 Å². The average Bonchev–Trinajstić information content (AvgIpc) is 3.16. The number of nitrogens with zero attached hydrogens (tertiary/aromatic N) is 1. The lowest BCUT2D eigenvalue weighted by atomic mass is 9.99. The highest BCUT2D eigenvalue weighted by Gasteiger charge is 2.26. The zero-order valence-corrected chi connectivity index (χ0v) is 15.2. The van der Waals surface area contributed by atoms with Gasteiger partial charge >= 0.3 is 5.63 Å². The lowest BCUT2D eigenvalue weighted by molar-refractivity contribution is 0.0871. The number of ether oxygens (including phenoxy) is 1. The van der Waals surface area contributed by atoms with Crippen molar-refractivity contribution in [1.29, 1.82) is 0 Å². The van der Waals surface area contributed by atoms with Gasteiger partial charge in [0.25, 0.3) is 0 Å². The summed E-state index contributed by atoms with van der Waals surface area (Å²) in [6.45, 7) is 3.49. The van der Waals surface area contributed by atoms with Crippen molar-refractivity contribution in [2.24, 2.45) is 0 Å². The highest BCUT2D eigenvalue weighted by Crippen LogP contribution is 2.38. The van der Waals surface area contributed by atoms with Crippen LogP contribution in [0.5, 0.6) is 5.75 Å². The van der Waals surface area contributed by atoms with Crippen LogP contribution in [0.1, 0.15) is 34.2 Å². The third-order valence-electron chi connectivity index (χ3n) is 5.66. The molecule has 1 aliphatic carbocycles. The predicted octanol–water partition coefficient (Wildman–Crippen LogP) is 4.08. The number of benzene rings is 2. The Balaban J connectivity index is 1.56. The summed E-state index contributed by atoms with van der Waals surface area (Å²) >= 11 is 0. The maximum absolute atomic E-state index is 14.0. The van der Waals surface area contributed by atoms with Crippen LogP contribution in [0, 0.1) is 12.7 Å². The Kier molecular flexibility index (Phi) is 3.79. The molecule has 27 heavy (non-hydrogen) atoms. The third-order valence-corrected chi connectivity index (χ3v) is 5.66. The Labute approximate surface area is 156 Å². The minimum absolute atomic E-state index is 0.197. The molecule has 2 heterocycles. The van der Waals surface area contributed by atoms with Crippen molar-refractivity contribution in [1.82, 2.24) is 4.90 Å². The minimum atomic E-state index is -0.213. The topological polar surface area (TPSA) is 42.7 Å². The Bertz CT molecular complexity index is 1120. The van der Waals surface area contributed by atoms with E-state index in [9.17, 15) is 9.18 Å². The molecule has 0 radical (unpaired) electrons. The summed E-state index contributed by atoms with van der Waals surface area (Å²) in [5.74, 6) is 0.589. The normalized spacial score (nSPS) is 16.2. The minimum Gasteiger partial charge on any atom is -0.477 e. The summed E-state index contributed by atoms with van der Waals surface area (Å²) in [7, 11) is 0. The predicted molar refractivity (Wildman–Crippen MR) is 100 cm³/mol. The molecule has 0 saturated heterocycles. The van der Waals surface area contributed by atoms with Gasteiger partial charge in [-0.3, -0.25) is 4.90 Å². The Hall–Kier alpha value is -2.66. The maximum atomic E-state index is 14.0. The van der Waals surface area contributed by atoms with Gasteiger partial charge in [-0.05, 0) is 43.9 Å². The van der Waals surface area contributed by atoms with Crippen LogP contribution < -0.4 is 10.4 Å². The quantitative estimate of drug-likeness (QED) is 0.642. The van der Waals surface area contributed by atoms with E-state index in [1.165, 1.54) is 6.07 Å². The van der Waals surface area contributed by atoms with E-state index in [1.807, 2.05) is 13.0 Å². The van der Waals surface area contributed by atoms with Crippen molar-refractivity contribution in [3.63, 3.8) is 0 Å². The average molecular weight is 365 g/mol. The maximum Gasteiger partial charge on any atom is 0.339 e. The van der Waals surface area contributed by atoms with Crippen molar-refractivity contribution in [3.8, 4) is 5.75 Å². The van der Waals surface area contributed by atoms with E-state index >= 15 is 0 Å². The molecule has 5 rings (SSSR count). The van der Waals surface area contributed by atoms with Gasteiger partial charge in [-0.25, -0.2) is 9.18 Å². The number of halogens is 1. The molecule has 0 saturated carbocycles. The van der Waals surface area contributed by atoms with Gasteiger partial charge in [-0.15, -0.1) is 0 Å². The highest BCUT2D eigenvalue weighted by molar-refractivity contribution is 5.87. The molecule has 5 heteroatoms. The molecule has 4 nitrogen and oxygen atoms in total. The molecular weight excluding hydrogens is 345 g/mol. The van der Waals surface area contributed by atoms with E-state index in [-0.39, 0.29) is 11.4 Å². The van der Waals surface area contributed by atoms with Gasteiger partial charge < -0.3 is 9.15 Å². The van der Waals surface area contributed by atoms with Crippen LogP contribution in [0.25, 0.3) is 11.0 Å². The van der Waals surface area contributed by atoms with Gasteiger partial charge in [0.2, 0.25) is 0 Å². The molecule has 0 bridgehead atoms. The second-order valence-electron chi connectivity index (χ2n) is 7.42. The monoisotopic (exact) mass is 365 g/mol. The lowest BCUT2D eigenvalue weighted by Crippen LogP contribution is -2.32. The van der Waals surface area contributed by atoms with E-state index in [2.05, 4.69) is 11.0 Å². The van der Waals surface area contributed by atoms with E-state index < -0.39 is 0 Å². The fourth-order valence-electron chi connectivity index (χ4n) is 4.36. The van der Waals surface area contributed by atoms with Crippen LogP contribution in [-0.2, 0) is 25.9 Å². The first-order chi connectivity index (χ1) is 13.1. The fraction of sp³-hybridized carbons (Fsp3) is 0.318. The van der Waals surface area contributed by atoms with Gasteiger partial charge in [0.05, 0.1) is 0 Å². The molecule has 2 aliphatic rings. The number of fused-ring (bicyclic) bond motifs is 4. The number of hydrogen-bond acceptors (Lipinski definition) is 4. The van der Waals surface area contributed by atoms with Gasteiger partial charge in [0.15, 0.2) is 0 Å². The molecule has 2 aromatic carbocycles. The zero-order chi connectivity index (χ0) is 18.5. The number of aryl methyl sites for hydroxylation is 2. The SMILES string of the molecule is Cc1c2c(cc3c4c(c(=O)oc13)CCC4)CN(Cc1ccccc1F)CO2. The molecule has 0 N–H and O–H groups in total. The van der Waals surface area contributed by atoms with Crippen molar-refractivity contribution in [2.75, 3.05) is 6.73 Å². The Morgan fingerprint density at radius 2 is 2.00 bits per heavy atom. The summed E-state index contributed by atoms with van der Waals surface area (Å²) in [4.78, 5) is 14.4. The smallest absolute Gasteiger partial charge is 0.339 e. The van der Waals surface area contributed by atoms with Crippen LogP contribution >= 0.6 is 0 Å². The van der Waals surface area contributed by atoms with Crippen molar-refractivity contribution in [2.45, 2.75) is 39.3 Å². The van der Waals surface area contributed by atoms with Crippen LogP contribution in [0.2, 0.25) is 0 Å². The van der Waals surface area contributed by atoms with Crippen LogP contribution in [0.4, 0.5) is 4.39 Å². The zero-order valence-electron chi connectivity index (χ0n) is 15.2. The first-order valence-electron chi connectivity index (χ1n) is 9.31. The summed E-state index contributed by atoms with van der Waals surface area (Å²) < 4.78 is 25.6. The second kappa shape index (κ2) is 6.20. The summed E-state index contributed by atoms with van der Waals surface area (Å²) in [6, 6.07) is 8.93. The lowest BCUT2D eigenvalue weighted by Gasteiger charge is -2.30. The molecule has 3 aromatic rings. The second-order valence-corrected chi connectivity index (χ2v) is 7.42. The molecule has 0 fully saturated rings. The largest absolute Gasteiger partial charge is 0.477 e. The highest BCUT2D eigenvalue weighted by atomic mass is 19.1. The molecule has 1 aromatic heterocycles. The van der Waals surface area contributed by atoms with E-state index in [0.29, 0.717) is 31.0 Å². The van der Waals surface area contributed by atoms with Crippen molar-refractivity contribution < 1.29 is 13.5 Å². The van der Waals surface area contributed by atoms with Crippen LogP contribution in [0.15, 0.2) is 39.5 Å². The number of rotatable bonds is 2. The molecule has 0 spiro atoms. The first-order valence-corrected chi connectivity index (χ1v) is 9.31. The summed E-state index contributed by atoms with van der Waals surface area (Å²) in [5, 5.41) is 1.02. The van der Waals surface area contributed by atoms with Crippen LogP contribution in [0.3, 0.4) is 0 Å². The molecular formula is C22H20FNO3. The molecule has 0 unspecified atom stereocenters. The number of hydrogen-bond donors (Lipinski definition) is 0. The molecule has 0 atom stereocenters. The van der Waals surface area contributed by atoms with Gasteiger partial charge in [0.1, 0.15) is 23.9 Å². The summed E-state index contributed by atoms with van der Waals surface area (Å²) in [5.41, 5.74) is 4.97.